The summed E-state index contributed by atoms with van der Waals surface area (Å²) in [5.41, 5.74) is 6.25. The summed E-state index contributed by atoms with van der Waals surface area (Å²) in [7, 11) is 0. The van der Waals surface area contributed by atoms with E-state index in [2.05, 4.69) is 45.7 Å². The Morgan fingerprint density at radius 3 is 2.77 bits per heavy atom. The zero-order valence-electron chi connectivity index (χ0n) is 17.3. The second-order valence-corrected chi connectivity index (χ2v) is 9.15. The third-order valence-electron chi connectivity index (χ3n) is 6.18. The molecule has 30 heavy (non-hydrogen) atoms. The summed E-state index contributed by atoms with van der Waals surface area (Å²) in [4.78, 5) is 20.5. The van der Waals surface area contributed by atoms with Crippen molar-refractivity contribution in [3.63, 3.8) is 0 Å². The zero-order chi connectivity index (χ0) is 20.7. The van der Waals surface area contributed by atoms with Crippen molar-refractivity contribution in [1.29, 1.82) is 0 Å². The van der Waals surface area contributed by atoms with Crippen LogP contribution in [0.15, 0.2) is 42.0 Å². The first-order chi connectivity index (χ1) is 14.6. The molecule has 0 bridgehead atoms. The Bertz CT molecular complexity index is 1180. The van der Waals surface area contributed by atoms with Gasteiger partial charge in [0.15, 0.2) is 5.69 Å². The van der Waals surface area contributed by atoms with Crippen molar-refractivity contribution in [1.82, 2.24) is 24.6 Å². The third kappa shape index (κ3) is 3.54. The van der Waals surface area contributed by atoms with Gasteiger partial charge in [-0.05, 0) is 73.4 Å². The maximum Gasteiger partial charge on any atom is 0.274 e. The van der Waals surface area contributed by atoms with Gasteiger partial charge in [-0.15, -0.1) is 11.3 Å². The number of nitrogens with one attached hydrogen (secondary N) is 1. The van der Waals surface area contributed by atoms with Gasteiger partial charge in [0.05, 0.1) is 27.9 Å². The minimum atomic E-state index is 0.0201. The van der Waals surface area contributed by atoms with Crippen molar-refractivity contribution in [2.45, 2.75) is 33.2 Å². The van der Waals surface area contributed by atoms with Crippen molar-refractivity contribution in [2.75, 3.05) is 13.1 Å². The lowest BCUT2D eigenvalue weighted by Gasteiger charge is -2.31. The van der Waals surface area contributed by atoms with Crippen LogP contribution in [0.2, 0.25) is 0 Å². The number of aromatic nitrogens is 4. The molecule has 1 aliphatic heterocycles. The number of H-pyrrole nitrogens is 1. The number of benzene rings is 1. The predicted molar refractivity (Wildman–Crippen MR) is 120 cm³/mol. The summed E-state index contributed by atoms with van der Waals surface area (Å²) in [5, 5.41) is 9.27. The molecule has 4 aromatic rings. The van der Waals surface area contributed by atoms with E-state index in [0.29, 0.717) is 11.6 Å². The molecule has 0 unspecified atom stereocenters. The van der Waals surface area contributed by atoms with Crippen molar-refractivity contribution in [3.05, 3.63) is 58.9 Å². The SMILES string of the molecule is Cc1cc2ncn(CC3CCN(C(=O)c4cc(-c5cccs5)[nH]n4)CC3)c2cc1C. The van der Waals surface area contributed by atoms with E-state index in [-0.39, 0.29) is 5.91 Å². The molecule has 7 heteroatoms. The van der Waals surface area contributed by atoms with Crippen molar-refractivity contribution < 1.29 is 4.79 Å². The normalized spacial score (nSPS) is 15.2. The quantitative estimate of drug-likeness (QED) is 0.523. The Morgan fingerprint density at radius 1 is 1.20 bits per heavy atom. The number of carbonyl (C=O) groups excluding carboxylic acids is 1. The molecule has 1 saturated heterocycles. The predicted octanol–water partition coefficient (Wildman–Crippen LogP) is 4.66. The molecule has 0 spiro atoms. The number of hydrogen-bond donors (Lipinski definition) is 1. The molecule has 6 nitrogen and oxygen atoms in total. The van der Waals surface area contributed by atoms with Crippen LogP contribution >= 0.6 is 11.3 Å². The largest absolute Gasteiger partial charge is 0.337 e. The van der Waals surface area contributed by atoms with E-state index in [1.807, 2.05) is 34.8 Å². The summed E-state index contributed by atoms with van der Waals surface area (Å²) >= 11 is 1.64. The van der Waals surface area contributed by atoms with E-state index < -0.39 is 0 Å². The molecule has 0 aliphatic carbocycles. The third-order valence-corrected chi connectivity index (χ3v) is 7.08. The van der Waals surface area contributed by atoms with Crippen LogP contribution < -0.4 is 0 Å². The molecule has 1 aliphatic rings. The number of piperidine rings is 1. The molecule has 0 radical (unpaired) electrons. The number of thiophene rings is 1. The maximum absolute atomic E-state index is 12.9. The molecule has 1 amide bonds. The second kappa shape index (κ2) is 7.72. The highest BCUT2D eigenvalue weighted by molar-refractivity contribution is 7.13. The Hall–Kier alpha value is -2.93. The van der Waals surface area contributed by atoms with Crippen molar-refractivity contribution >= 4 is 28.3 Å². The Labute approximate surface area is 179 Å². The lowest BCUT2D eigenvalue weighted by atomic mass is 9.96. The lowest BCUT2D eigenvalue weighted by Crippen LogP contribution is -2.39. The summed E-state index contributed by atoms with van der Waals surface area (Å²) in [6.07, 6.45) is 3.95. The fraction of sp³-hybridized carbons (Fsp3) is 0.348. The van der Waals surface area contributed by atoms with E-state index in [1.165, 1.54) is 16.6 Å². The van der Waals surface area contributed by atoms with Gasteiger partial charge >= 0.3 is 0 Å². The number of hydrogen-bond acceptors (Lipinski definition) is 4. The van der Waals surface area contributed by atoms with Crippen LogP contribution in [0.5, 0.6) is 0 Å². The first-order valence-electron chi connectivity index (χ1n) is 10.4. The van der Waals surface area contributed by atoms with Gasteiger partial charge in [0.1, 0.15) is 0 Å². The maximum atomic E-state index is 12.9. The number of carbonyl (C=O) groups is 1. The van der Waals surface area contributed by atoms with E-state index in [1.54, 1.807) is 11.3 Å². The lowest BCUT2D eigenvalue weighted by molar-refractivity contribution is 0.0677. The van der Waals surface area contributed by atoms with Gasteiger partial charge < -0.3 is 9.47 Å². The van der Waals surface area contributed by atoms with Gasteiger partial charge in [0, 0.05) is 19.6 Å². The number of fused-ring (bicyclic) bond motifs is 1. The van der Waals surface area contributed by atoms with Gasteiger partial charge in [-0.2, -0.15) is 5.10 Å². The monoisotopic (exact) mass is 419 g/mol. The molecule has 4 heterocycles. The Morgan fingerprint density at radius 2 is 2.00 bits per heavy atom. The molecule has 1 aromatic carbocycles. The number of imidazole rings is 1. The second-order valence-electron chi connectivity index (χ2n) is 8.20. The number of likely N-dealkylation sites (tertiary alicyclic amines) is 1. The van der Waals surface area contributed by atoms with Crippen LogP contribution in [0.25, 0.3) is 21.6 Å². The molecule has 0 saturated carbocycles. The fourth-order valence-electron chi connectivity index (χ4n) is 4.21. The number of amides is 1. The van der Waals surface area contributed by atoms with Crippen LogP contribution in [0.4, 0.5) is 0 Å². The highest BCUT2D eigenvalue weighted by Gasteiger charge is 2.26. The molecule has 5 rings (SSSR count). The van der Waals surface area contributed by atoms with Gasteiger partial charge in [0.2, 0.25) is 0 Å². The van der Waals surface area contributed by atoms with E-state index in [0.717, 1.165) is 48.6 Å². The summed E-state index contributed by atoms with van der Waals surface area (Å²) in [6, 6.07) is 10.3. The van der Waals surface area contributed by atoms with Gasteiger partial charge in [0.25, 0.3) is 5.91 Å². The molecular weight excluding hydrogens is 394 g/mol. The van der Waals surface area contributed by atoms with E-state index in [4.69, 9.17) is 0 Å². The standard InChI is InChI=1S/C23H25N5OS/c1-15-10-18-21(11-16(15)2)28(14-24-18)13-17-5-7-27(8-6-17)23(29)20-12-19(25-26-20)22-4-3-9-30-22/h3-4,9-12,14,17H,5-8,13H2,1-2H3,(H,25,26). The molecule has 154 valence electrons. The molecule has 1 fully saturated rings. The topological polar surface area (TPSA) is 66.8 Å². The average Bonchev–Trinajstić information content (AvgIpc) is 3.50. The fourth-order valence-corrected chi connectivity index (χ4v) is 4.90. The summed E-state index contributed by atoms with van der Waals surface area (Å²) in [6.45, 7) is 6.77. The summed E-state index contributed by atoms with van der Waals surface area (Å²) in [5.74, 6) is 0.570. The zero-order valence-corrected chi connectivity index (χ0v) is 18.1. The van der Waals surface area contributed by atoms with Crippen LogP contribution in [-0.4, -0.2) is 43.6 Å². The van der Waals surface area contributed by atoms with Crippen molar-refractivity contribution in [3.8, 4) is 10.6 Å². The highest BCUT2D eigenvalue weighted by Crippen LogP contribution is 2.26. The smallest absolute Gasteiger partial charge is 0.274 e. The van der Waals surface area contributed by atoms with Crippen molar-refractivity contribution in [2.24, 2.45) is 5.92 Å². The minimum absolute atomic E-state index is 0.0201. The highest BCUT2D eigenvalue weighted by atomic mass is 32.1. The van der Waals surface area contributed by atoms with Crippen LogP contribution in [0, 0.1) is 19.8 Å². The average molecular weight is 420 g/mol. The molecule has 1 N–H and O–H groups in total. The van der Waals surface area contributed by atoms with E-state index >= 15 is 0 Å². The van der Waals surface area contributed by atoms with Crippen LogP contribution in [-0.2, 0) is 6.54 Å². The first kappa shape index (κ1) is 19.1. The molecule has 3 aromatic heterocycles. The van der Waals surface area contributed by atoms with Crippen LogP contribution in [0.3, 0.4) is 0 Å². The Kier molecular flexibility index (Phi) is 4.90. The summed E-state index contributed by atoms with van der Waals surface area (Å²) < 4.78 is 2.27. The van der Waals surface area contributed by atoms with Crippen LogP contribution in [0.1, 0.15) is 34.5 Å². The molecule has 0 atom stereocenters. The van der Waals surface area contributed by atoms with Gasteiger partial charge in [-0.3, -0.25) is 9.89 Å². The minimum Gasteiger partial charge on any atom is -0.337 e. The van der Waals surface area contributed by atoms with E-state index in [9.17, 15) is 4.79 Å². The first-order valence-corrected chi connectivity index (χ1v) is 11.3. The number of aryl methyl sites for hydroxylation is 2. The number of nitrogens with zero attached hydrogens (tertiary/aromatic N) is 4. The number of aromatic amines is 1. The Balaban J connectivity index is 1.22. The molecular formula is C23H25N5OS. The van der Waals surface area contributed by atoms with Gasteiger partial charge in [-0.25, -0.2) is 4.98 Å². The number of rotatable bonds is 4. The van der Waals surface area contributed by atoms with Gasteiger partial charge in [-0.1, -0.05) is 6.07 Å².